The second-order valence-corrected chi connectivity index (χ2v) is 6.96. The van der Waals surface area contributed by atoms with Gasteiger partial charge in [-0.25, -0.2) is 0 Å². The summed E-state index contributed by atoms with van der Waals surface area (Å²) in [7, 11) is 4.62. The molecule has 1 unspecified atom stereocenters. The minimum atomic E-state index is -3.33. The number of carbonyl (C=O) groups is 1. The number of aromatic nitrogens is 4. The third kappa shape index (κ3) is 5.68. The smallest absolute Gasteiger partial charge is 0.408 e. The van der Waals surface area contributed by atoms with Crippen LogP contribution in [0.15, 0.2) is 48.5 Å². The number of benzene rings is 2. The van der Waals surface area contributed by atoms with Crippen molar-refractivity contribution in [1.82, 2.24) is 25.1 Å². The zero-order chi connectivity index (χ0) is 21.0. The Hall–Kier alpha value is -3.13. The summed E-state index contributed by atoms with van der Waals surface area (Å²) in [5.41, 5.74) is 2.02. The van der Waals surface area contributed by atoms with Crippen LogP contribution < -0.4 is 10.1 Å². The van der Waals surface area contributed by atoms with Gasteiger partial charge in [0.05, 0.1) is 0 Å². The Morgan fingerprint density at radius 3 is 2.55 bits per heavy atom. The summed E-state index contributed by atoms with van der Waals surface area (Å²) in [4.78, 5) is 14.5. The Kier molecular flexibility index (Phi) is 6.03. The van der Waals surface area contributed by atoms with Crippen molar-refractivity contribution in [1.29, 1.82) is 0 Å². The number of amides is 1. The zero-order valence-corrected chi connectivity index (χ0v) is 16.9. The molecule has 0 aliphatic carbocycles. The molecule has 0 bridgehead atoms. The first-order valence-corrected chi connectivity index (χ1v) is 9.09. The van der Waals surface area contributed by atoms with E-state index in [9.17, 15) is 13.6 Å². The molecule has 1 N–H and O–H groups in total. The number of alkyl halides is 2. The van der Waals surface area contributed by atoms with Crippen molar-refractivity contribution in [3.05, 3.63) is 48.5 Å². The number of tetrazole rings is 1. The first-order valence-electron chi connectivity index (χ1n) is 8.51. The standard InChI is InChI=1S/C18H19F2N6O2P/c1-25(2)16(27)11-26-23-17(22-24-26)14-5-3-4-6-15(14)21-12-7-9-13(10-8-12)28-18(19,20)29/h3-10,21H,11,29H2,1-2H3. The minimum Gasteiger partial charge on any atom is -0.430 e. The largest absolute Gasteiger partial charge is 0.430 e. The maximum absolute atomic E-state index is 12.9. The molecule has 3 rings (SSSR count). The fourth-order valence-corrected chi connectivity index (χ4v) is 2.52. The normalized spacial score (nSPS) is 11.2. The van der Waals surface area contributed by atoms with E-state index >= 15 is 0 Å². The number of hydrogen-bond donors (Lipinski definition) is 1. The van der Waals surface area contributed by atoms with Gasteiger partial charge < -0.3 is 15.0 Å². The van der Waals surface area contributed by atoms with Crippen molar-refractivity contribution in [3.63, 3.8) is 0 Å². The summed E-state index contributed by atoms with van der Waals surface area (Å²) in [6.45, 7) is -0.0165. The van der Waals surface area contributed by atoms with Crippen molar-refractivity contribution < 1.29 is 18.3 Å². The van der Waals surface area contributed by atoms with Crippen molar-refractivity contribution in [2.75, 3.05) is 19.4 Å². The monoisotopic (exact) mass is 420 g/mol. The van der Waals surface area contributed by atoms with Crippen LogP contribution in [-0.4, -0.2) is 51.0 Å². The lowest BCUT2D eigenvalue weighted by Crippen LogP contribution is -2.27. The molecular formula is C18H19F2N6O2P. The average molecular weight is 420 g/mol. The van der Waals surface area contributed by atoms with Crippen molar-refractivity contribution in [2.24, 2.45) is 0 Å². The lowest BCUT2D eigenvalue weighted by atomic mass is 10.1. The number of rotatable bonds is 7. The zero-order valence-electron chi connectivity index (χ0n) is 15.7. The Bertz CT molecular complexity index is 989. The summed E-state index contributed by atoms with van der Waals surface area (Å²) < 4.78 is 30.3. The molecule has 1 atom stereocenters. The average Bonchev–Trinajstić information content (AvgIpc) is 3.11. The first kappa shape index (κ1) is 20.6. The van der Waals surface area contributed by atoms with Crippen molar-refractivity contribution in [3.8, 4) is 17.1 Å². The lowest BCUT2D eigenvalue weighted by molar-refractivity contribution is -0.129. The van der Waals surface area contributed by atoms with Gasteiger partial charge in [0, 0.05) is 31.0 Å². The van der Waals surface area contributed by atoms with Gasteiger partial charge >= 0.3 is 5.85 Å². The number of para-hydroxylation sites is 1. The molecule has 0 spiro atoms. The van der Waals surface area contributed by atoms with Crippen LogP contribution in [0, 0.1) is 0 Å². The topological polar surface area (TPSA) is 85.2 Å². The molecule has 8 nitrogen and oxygen atoms in total. The maximum Gasteiger partial charge on any atom is 0.408 e. The number of nitrogens with one attached hydrogen (secondary N) is 1. The number of nitrogens with zero attached hydrogens (tertiary/aromatic N) is 5. The molecule has 0 saturated heterocycles. The summed E-state index contributed by atoms with van der Waals surface area (Å²) >= 11 is 0. The lowest BCUT2D eigenvalue weighted by Gasteiger charge is -2.14. The van der Waals surface area contributed by atoms with Crippen LogP contribution in [0.5, 0.6) is 5.75 Å². The van der Waals surface area contributed by atoms with Gasteiger partial charge in [0.1, 0.15) is 12.3 Å². The minimum absolute atomic E-state index is 0.0165. The molecule has 2 aromatic carbocycles. The van der Waals surface area contributed by atoms with Crippen LogP contribution in [0.25, 0.3) is 11.4 Å². The van der Waals surface area contributed by atoms with E-state index in [2.05, 4.69) is 25.5 Å². The Morgan fingerprint density at radius 1 is 1.21 bits per heavy atom. The molecular weight excluding hydrogens is 401 g/mol. The van der Waals surface area contributed by atoms with Gasteiger partial charge in [-0.1, -0.05) is 12.1 Å². The third-order valence-electron chi connectivity index (χ3n) is 3.78. The molecule has 0 fully saturated rings. The number of ether oxygens (including phenoxy) is 1. The van der Waals surface area contributed by atoms with Crippen LogP contribution in [0.3, 0.4) is 0 Å². The fraction of sp³-hybridized carbons (Fsp3) is 0.222. The molecule has 0 radical (unpaired) electrons. The molecule has 0 saturated carbocycles. The van der Waals surface area contributed by atoms with Gasteiger partial charge in [-0.15, -0.1) is 10.2 Å². The van der Waals surface area contributed by atoms with E-state index in [0.29, 0.717) is 22.8 Å². The molecule has 1 amide bonds. The predicted octanol–water partition coefficient (Wildman–Crippen LogP) is 2.98. The van der Waals surface area contributed by atoms with Crippen LogP contribution >= 0.6 is 9.24 Å². The highest BCUT2D eigenvalue weighted by Gasteiger charge is 2.23. The number of carbonyl (C=O) groups excluding carboxylic acids is 1. The molecule has 0 aliphatic rings. The van der Waals surface area contributed by atoms with Gasteiger partial charge in [0.15, 0.2) is 0 Å². The number of anilines is 2. The van der Waals surface area contributed by atoms with E-state index in [0.717, 1.165) is 0 Å². The Balaban J connectivity index is 1.78. The quantitative estimate of drug-likeness (QED) is 0.592. The van der Waals surface area contributed by atoms with Gasteiger partial charge in [0.25, 0.3) is 0 Å². The van der Waals surface area contributed by atoms with Gasteiger partial charge in [0.2, 0.25) is 11.7 Å². The molecule has 1 heterocycles. The number of likely N-dealkylation sites (N-methyl/N-ethyl adjacent to an activating group) is 1. The highest BCUT2D eigenvalue weighted by molar-refractivity contribution is 7.17. The highest BCUT2D eigenvalue weighted by atomic mass is 31.0. The second-order valence-electron chi connectivity index (χ2n) is 6.29. The molecule has 1 aromatic heterocycles. The number of hydrogen-bond acceptors (Lipinski definition) is 6. The summed E-state index contributed by atoms with van der Waals surface area (Å²) in [5.74, 6) is -3.09. The van der Waals surface area contributed by atoms with E-state index in [1.54, 1.807) is 26.2 Å². The van der Waals surface area contributed by atoms with Gasteiger partial charge in [-0.05, 0) is 50.9 Å². The van der Waals surface area contributed by atoms with Crippen LogP contribution in [0.1, 0.15) is 0 Å². The van der Waals surface area contributed by atoms with Crippen LogP contribution in [0.2, 0.25) is 0 Å². The molecule has 11 heteroatoms. The summed E-state index contributed by atoms with van der Waals surface area (Å²) in [6.07, 6.45) is 0. The van der Waals surface area contributed by atoms with Crippen molar-refractivity contribution >= 4 is 26.5 Å². The maximum atomic E-state index is 12.9. The van der Waals surface area contributed by atoms with E-state index < -0.39 is 5.85 Å². The van der Waals surface area contributed by atoms with Crippen LogP contribution in [0.4, 0.5) is 20.2 Å². The van der Waals surface area contributed by atoms with E-state index in [-0.39, 0.29) is 18.2 Å². The highest BCUT2D eigenvalue weighted by Crippen LogP contribution is 2.30. The Morgan fingerprint density at radius 2 is 1.90 bits per heavy atom. The SMILES string of the molecule is CN(C)C(=O)Cn1nnc(-c2ccccc2Nc2ccc(OC(F)(F)P)cc2)n1. The van der Waals surface area contributed by atoms with Crippen molar-refractivity contribution in [2.45, 2.75) is 12.4 Å². The van der Waals surface area contributed by atoms with E-state index in [1.165, 1.54) is 31.1 Å². The first-order chi connectivity index (χ1) is 13.7. The third-order valence-corrected chi connectivity index (χ3v) is 3.90. The second kappa shape index (κ2) is 8.48. The molecule has 3 aromatic rings. The van der Waals surface area contributed by atoms with E-state index in [1.807, 2.05) is 24.3 Å². The van der Waals surface area contributed by atoms with Crippen LogP contribution in [-0.2, 0) is 11.3 Å². The summed E-state index contributed by atoms with van der Waals surface area (Å²) in [6, 6.07) is 13.4. The Labute approximate surface area is 168 Å². The molecule has 152 valence electrons. The predicted molar refractivity (Wildman–Crippen MR) is 107 cm³/mol. The molecule has 0 aliphatic heterocycles. The fourth-order valence-electron chi connectivity index (χ4n) is 2.39. The van der Waals surface area contributed by atoms with Gasteiger partial charge in [-0.2, -0.15) is 13.6 Å². The molecule has 29 heavy (non-hydrogen) atoms. The summed E-state index contributed by atoms with van der Waals surface area (Å²) in [5, 5.41) is 15.4. The van der Waals surface area contributed by atoms with Gasteiger partial charge in [-0.3, -0.25) is 4.79 Å². The number of halogens is 2. The van der Waals surface area contributed by atoms with E-state index in [4.69, 9.17) is 0 Å².